The van der Waals surface area contributed by atoms with Crippen LogP contribution in [0.5, 0.6) is 0 Å². The van der Waals surface area contributed by atoms with Crippen molar-refractivity contribution in [1.29, 1.82) is 0 Å². The SMILES string of the molecule is O=C(O)C1CCCN(CCN/N=C/c2ccccc2-c2cccc(Cl)c2)C1. The molecule has 27 heavy (non-hydrogen) atoms. The standard InChI is InChI=1S/C21H24ClN3O2/c22-19-8-3-6-16(13-19)20-9-2-1-5-17(20)14-24-23-10-12-25-11-4-7-18(15-25)21(26)27/h1-3,5-6,8-9,13-14,18,23H,4,7,10-12,15H2,(H,26,27)/b24-14+. The Morgan fingerprint density at radius 3 is 2.96 bits per heavy atom. The quantitative estimate of drug-likeness (QED) is 0.433. The van der Waals surface area contributed by atoms with Gasteiger partial charge in [0, 0.05) is 30.2 Å². The van der Waals surface area contributed by atoms with Gasteiger partial charge in [-0.2, -0.15) is 5.10 Å². The molecule has 0 amide bonds. The van der Waals surface area contributed by atoms with Crippen LogP contribution in [0.25, 0.3) is 11.1 Å². The van der Waals surface area contributed by atoms with E-state index in [1.807, 2.05) is 54.7 Å². The summed E-state index contributed by atoms with van der Waals surface area (Å²) in [6.07, 6.45) is 3.53. The summed E-state index contributed by atoms with van der Waals surface area (Å²) in [6, 6.07) is 15.8. The van der Waals surface area contributed by atoms with E-state index >= 15 is 0 Å². The Bertz CT molecular complexity index is 810. The maximum Gasteiger partial charge on any atom is 0.307 e. The van der Waals surface area contributed by atoms with Crippen LogP contribution in [0, 0.1) is 5.92 Å². The Balaban J connectivity index is 1.54. The highest BCUT2D eigenvalue weighted by Gasteiger charge is 2.24. The first-order chi connectivity index (χ1) is 13.1. The topological polar surface area (TPSA) is 64.9 Å². The first-order valence-electron chi connectivity index (χ1n) is 9.19. The first kappa shape index (κ1) is 19.4. The van der Waals surface area contributed by atoms with Crippen LogP contribution in [0.1, 0.15) is 18.4 Å². The fraction of sp³-hybridized carbons (Fsp3) is 0.333. The molecule has 0 saturated carbocycles. The molecule has 1 saturated heterocycles. The van der Waals surface area contributed by atoms with E-state index in [9.17, 15) is 4.79 Å². The molecule has 5 nitrogen and oxygen atoms in total. The number of halogens is 1. The van der Waals surface area contributed by atoms with E-state index in [4.69, 9.17) is 16.7 Å². The van der Waals surface area contributed by atoms with E-state index in [2.05, 4.69) is 15.4 Å². The molecule has 1 aliphatic rings. The Kier molecular flexibility index (Phi) is 6.85. The van der Waals surface area contributed by atoms with Crippen molar-refractivity contribution in [3.63, 3.8) is 0 Å². The lowest BCUT2D eigenvalue weighted by molar-refractivity contribution is -0.143. The lowest BCUT2D eigenvalue weighted by Gasteiger charge is -2.30. The molecule has 1 unspecified atom stereocenters. The van der Waals surface area contributed by atoms with Gasteiger partial charge in [0.2, 0.25) is 0 Å². The van der Waals surface area contributed by atoms with Crippen LogP contribution in [0.4, 0.5) is 0 Å². The minimum atomic E-state index is -0.691. The van der Waals surface area contributed by atoms with Crippen LogP contribution in [0.15, 0.2) is 53.6 Å². The molecule has 0 aliphatic carbocycles. The zero-order chi connectivity index (χ0) is 19.1. The highest BCUT2D eigenvalue weighted by Crippen LogP contribution is 2.25. The maximum absolute atomic E-state index is 11.1. The zero-order valence-electron chi connectivity index (χ0n) is 15.1. The first-order valence-corrected chi connectivity index (χ1v) is 9.57. The molecule has 6 heteroatoms. The number of likely N-dealkylation sites (tertiary alicyclic amines) is 1. The molecule has 1 aliphatic heterocycles. The molecular formula is C21H24ClN3O2. The summed E-state index contributed by atoms with van der Waals surface area (Å²) in [6.45, 7) is 3.05. The third-order valence-corrected chi connectivity index (χ3v) is 5.02. The Labute approximate surface area is 164 Å². The fourth-order valence-electron chi connectivity index (χ4n) is 3.38. The Morgan fingerprint density at radius 2 is 2.15 bits per heavy atom. The molecule has 0 spiro atoms. The summed E-state index contributed by atoms with van der Waals surface area (Å²) >= 11 is 6.11. The van der Waals surface area contributed by atoms with Crippen molar-refractivity contribution < 1.29 is 9.90 Å². The van der Waals surface area contributed by atoms with E-state index in [-0.39, 0.29) is 5.92 Å². The lowest BCUT2D eigenvalue weighted by Crippen LogP contribution is -2.41. The van der Waals surface area contributed by atoms with Crippen LogP contribution >= 0.6 is 11.6 Å². The number of hydrazone groups is 1. The van der Waals surface area contributed by atoms with Crippen molar-refractivity contribution in [1.82, 2.24) is 10.3 Å². The summed E-state index contributed by atoms with van der Waals surface area (Å²) in [7, 11) is 0. The van der Waals surface area contributed by atoms with Crippen LogP contribution < -0.4 is 5.43 Å². The summed E-state index contributed by atoms with van der Waals surface area (Å²) < 4.78 is 0. The number of rotatable bonds is 7. The number of piperidine rings is 1. The highest BCUT2D eigenvalue weighted by atomic mass is 35.5. The van der Waals surface area contributed by atoms with E-state index in [1.54, 1.807) is 0 Å². The predicted molar refractivity (Wildman–Crippen MR) is 109 cm³/mol. The zero-order valence-corrected chi connectivity index (χ0v) is 15.9. The van der Waals surface area contributed by atoms with Crippen molar-refractivity contribution in [2.24, 2.45) is 11.0 Å². The van der Waals surface area contributed by atoms with Crippen LogP contribution in [-0.2, 0) is 4.79 Å². The van der Waals surface area contributed by atoms with Crippen molar-refractivity contribution in [3.8, 4) is 11.1 Å². The predicted octanol–water partition coefficient (Wildman–Crippen LogP) is 3.73. The number of nitrogens with zero attached hydrogens (tertiary/aromatic N) is 2. The molecule has 142 valence electrons. The average Bonchev–Trinajstić information content (AvgIpc) is 2.68. The second-order valence-electron chi connectivity index (χ2n) is 6.74. The van der Waals surface area contributed by atoms with Gasteiger partial charge in [0.15, 0.2) is 0 Å². The van der Waals surface area contributed by atoms with Crippen molar-refractivity contribution in [2.45, 2.75) is 12.8 Å². The number of aliphatic carboxylic acids is 1. The van der Waals surface area contributed by atoms with E-state index in [0.29, 0.717) is 18.1 Å². The van der Waals surface area contributed by atoms with E-state index in [1.165, 1.54) is 0 Å². The molecule has 2 aromatic rings. The number of carboxylic acids is 1. The smallest absolute Gasteiger partial charge is 0.307 e. The second kappa shape index (κ2) is 9.53. The third-order valence-electron chi connectivity index (χ3n) is 4.79. The van der Waals surface area contributed by atoms with Crippen LogP contribution in [0.2, 0.25) is 5.02 Å². The van der Waals surface area contributed by atoms with Gasteiger partial charge in [0.25, 0.3) is 0 Å². The van der Waals surface area contributed by atoms with E-state index < -0.39 is 5.97 Å². The van der Waals surface area contributed by atoms with Gasteiger partial charge in [-0.05, 0) is 42.6 Å². The number of carboxylic acid groups (broad SMARTS) is 1. The van der Waals surface area contributed by atoms with Gasteiger partial charge in [0.1, 0.15) is 0 Å². The molecule has 3 rings (SSSR count). The van der Waals surface area contributed by atoms with Gasteiger partial charge in [-0.1, -0.05) is 48.0 Å². The fourth-order valence-corrected chi connectivity index (χ4v) is 3.57. The summed E-state index contributed by atoms with van der Waals surface area (Å²) in [4.78, 5) is 13.3. The largest absolute Gasteiger partial charge is 0.481 e. The van der Waals surface area contributed by atoms with Gasteiger partial charge in [-0.15, -0.1) is 0 Å². The lowest BCUT2D eigenvalue weighted by atomic mass is 9.98. The number of benzene rings is 2. The monoisotopic (exact) mass is 385 g/mol. The van der Waals surface area contributed by atoms with Crippen molar-refractivity contribution >= 4 is 23.8 Å². The molecular weight excluding hydrogens is 362 g/mol. The maximum atomic E-state index is 11.1. The molecule has 2 N–H and O–H groups in total. The summed E-state index contributed by atoms with van der Waals surface area (Å²) in [5, 5.41) is 14.2. The third kappa shape index (κ3) is 5.55. The number of carbonyl (C=O) groups is 1. The Morgan fingerprint density at radius 1 is 1.30 bits per heavy atom. The molecule has 2 aromatic carbocycles. The van der Waals surface area contributed by atoms with Gasteiger partial charge in [0.05, 0.1) is 12.1 Å². The van der Waals surface area contributed by atoms with Gasteiger partial charge in [-0.25, -0.2) is 0 Å². The minimum absolute atomic E-state index is 0.244. The average molecular weight is 386 g/mol. The van der Waals surface area contributed by atoms with E-state index in [0.717, 1.165) is 42.6 Å². The highest BCUT2D eigenvalue weighted by molar-refractivity contribution is 6.30. The molecule has 0 radical (unpaired) electrons. The molecule has 0 aromatic heterocycles. The van der Waals surface area contributed by atoms with Gasteiger partial charge >= 0.3 is 5.97 Å². The molecule has 1 fully saturated rings. The molecule has 1 atom stereocenters. The number of nitrogens with one attached hydrogen (secondary N) is 1. The van der Waals surface area contributed by atoms with Crippen LogP contribution in [-0.4, -0.2) is 48.4 Å². The van der Waals surface area contributed by atoms with Crippen molar-refractivity contribution in [3.05, 3.63) is 59.1 Å². The molecule has 0 bridgehead atoms. The number of hydrogen-bond donors (Lipinski definition) is 2. The summed E-state index contributed by atoms with van der Waals surface area (Å²) in [5.41, 5.74) is 6.21. The normalized spacial score (nSPS) is 17.9. The molecule has 1 heterocycles. The van der Waals surface area contributed by atoms with Gasteiger partial charge < -0.3 is 15.4 Å². The summed E-state index contributed by atoms with van der Waals surface area (Å²) in [5.74, 6) is -0.935. The van der Waals surface area contributed by atoms with Gasteiger partial charge in [-0.3, -0.25) is 4.79 Å². The second-order valence-corrected chi connectivity index (χ2v) is 7.18. The van der Waals surface area contributed by atoms with Crippen molar-refractivity contribution in [2.75, 3.05) is 26.2 Å². The number of hydrogen-bond acceptors (Lipinski definition) is 4. The Hall–Kier alpha value is -2.37. The van der Waals surface area contributed by atoms with Crippen LogP contribution in [0.3, 0.4) is 0 Å². The minimum Gasteiger partial charge on any atom is -0.481 e.